The molecular weight excluding hydrogens is 498 g/mol. The van der Waals surface area contributed by atoms with Gasteiger partial charge in [0.2, 0.25) is 0 Å². The van der Waals surface area contributed by atoms with Crippen LogP contribution in [0.3, 0.4) is 0 Å². The highest BCUT2D eigenvalue weighted by atomic mass is 16.5. The molecule has 0 aliphatic heterocycles. The summed E-state index contributed by atoms with van der Waals surface area (Å²) in [6.45, 7) is 7.67. The van der Waals surface area contributed by atoms with E-state index in [1.807, 2.05) is 62.8 Å². The highest BCUT2D eigenvalue weighted by molar-refractivity contribution is 5.95. The molecule has 0 aliphatic rings. The first-order chi connectivity index (χ1) is 18.6. The van der Waals surface area contributed by atoms with E-state index in [9.17, 15) is 19.5 Å². The normalized spacial score (nSPS) is 12.2. The number of carboxylic acid groups (broad SMARTS) is 1. The van der Waals surface area contributed by atoms with Crippen LogP contribution >= 0.6 is 0 Å². The Morgan fingerprint density at radius 3 is 2.38 bits per heavy atom. The topological polar surface area (TPSA) is 119 Å². The van der Waals surface area contributed by atoms with E-state index >= 15 is 0 Å². The zero-order valence-corrected chi connectivity index (χ0v) is 23.6. The number of nitrogens with one attached hydrogen (secondary N) is 2. The number of nitrogens with zero attached hydrogens (tertiary/aromatic N) is 1. The Labute approximate surface area is 229 Å². The van der Waals surface area contributed by atoms with Gasteiger partial charge in [0.25, 0.3) is 5.91 Å². The molecular formula is C30H39N3O6. The summed E-state index contributed by atoms with van der Waals surface area (Å²) in [6, 6.07) is 10.4. The number of rotatable bonds is 12. The number of anilines is 1. The van der Waals surface area contributed by atoms with Crippen molar-refractivity contribution in [2.75, 3.05) is 19.0 Å². The van der Waals surface area contributed by atoms with E-state index in [4.69, 9.17) is 9.47 Å². The minimum atomic E-state index is -1.03. The molecule has 2 amide bonds. The third kappa shape index (κ3) is 6.35. The fourth-order valence-corrected chi connectivity index (χ4v) is 5.05. The van der Waals surface area contributed by atoms with Gasteiger partial charge in [0.1, 0.15) is 5.75 Å². The molecule has 0 saturated carbocycles. The second-order valence-corrected chi connectivity index (χ2v) is 9.83. The molecule has 0 bridgehead atoms. The Kier molecular flexibility index (Phi) is 9.61. The van der Waals surface area contributed by atoms with Gasteiger partial charge in [0, 0.05) is 47.9 Å². The summed E-state index contributed by atoms with van der Waals surface area (Å²) in [6.07, 6.45) is 3.65. The molecule has 1 unspecified atom stereocenters. The lowest BCUT2D eigenvalue weighted by Crippen LogP contribution is -2.50. The molecule has 0 spiro atoms. The van der Waals surface area contributed by atoms with Crippen LogP contribution in [0.2, 0.25) is 0 Å². The summed E-state index contributed by atoms with van der Waals surface area (Å²) in [5, 5.41) is 16.4. The Hall–Kier alpha value is -4.01. The molecule has 9 heteroatoms. The molecule has 1 heterocycles. The van der Waals surface area contributed by atoms with E-state index in [0.29, 0.717) is 42.9 Å². The maximum atomic E-state index is 13.1. The first-order valence-corrected chi connectivity index (χ1v) is 13.3. The highest BCUT2D eigenvalue weighted by Crippen LogP contribution is 2.32. The fourth-order valence-electron chi connectivity index (χ4n) is 5.05. The Morgan fingerprint density at radius 1 is 1.05 bits per heavy atom. The molecule has 39 heavy (non-hydrogen) atoms. The van der Waals surface area contributed by atoms with E-state index in [1.165, 1.54) is 0 Å². The van der Waals surface area contributed by atoms with Crippen LogP contribution in [0.15, 0.2) is 42.6 Å². The number of aliphatic carboxylic acids is 1. The Balaban J connectivity index is 1.85. The van der Waals surface area contributed by atoms with Crippen LogP contribution in [0.5, 0.6) is 5.75 Å². The first kappa shape index (κ1) is 29.5. The molecule has 3 aromatic rings. The quantitative estimate of drug-likeness (QED) is 0.271. The van der Waals surface area contributed by atoms with Crippen LogP contribution < -0.4 is 15.4 Å². The summed E-state index contributed by atoms with van der Waals surface area (Å²) in [4.78, 5) is 37.1. The fraction of sp³-hybridized carbons (Fsp3) is 0.433. The third-order valence-corrected chi connectivity index (χ3v) is 7.55. The molecule has 9 nitrogen and oxygen atoms in total. The van der Waals surface area contributed by atoms with Crippen LogP contribution in [-0.4, -0.2) is 47.4 Å². The number of benzene rings is 2. The van der Waals surface area contributed by atoms with Gasteiger partial charge in [-0.3, -0.25) is 14.9 Å². The summed E-state index contributed by atoms with van der Waals surface area (Å²) in [5.41, 5.74) is 2.92. The molecule has 0 saturated heterocycles. The second kappa shape index (κ2) is 12.7. The standard InChI is InChI=1S/C30H39N3O6/c1-7-14-39-29(37)32-23-12-13-25-24(17-23)22(18-33(25)5)15-20-10-11-21(16-26(20)38-6)27(34)31-19(4)30(8-2,9-3)28(35)36/h10-13,16-19H,7-9,14-15H2,1-6H3,(H,31,34)(H,32,37)(H,35,36). The van der Waals surface area contributed by atoms with E-state index in [1.54, 1.807) is 26.2 Å². The van der Waals surface area contributed by atoms with Crippen LogP contribution in [0.4, 0.5) is 10.5 Å². The number of hydrogen-bond donors (Lipinski definition) is 3. The SMILES string of the molecule is CCCOC(=O)Nc1ccc2c(c1)c(Cc1ccc(C(=O)NC(C)C(CC)(CC)C(=O)O)cc1OC)cn2C. The molecule has 0 fully saturated rings. The summed E-state index contributed by atoms with van der Waals surface area (Å²) >= 11 is 0. The number of aromatic nitrogens is 1. The van der Waals surface area contributed by atoms with Crippen LogP contribution in [0, 0.1) is 5.41 Å². The lowest BCUT2D eigenvalue weighted by molar-refractivity contribution is -0.151. The van der Waals surface area contributed by atoms with E-state index in [0.717, 1.165) is 28.5 Å². The van der Waals surface area contributed by atoms with Gasteiger partial charge < -0.3 is 24.5 Å². The van der Waals surface area contributed by atoms with Crippen molar-refractivity contribution in [3.8, 4) is 5.75 Å². The van der Waals surface area contributed by atoms with Gasteiger partial charge in [-0.2, -0.15) is 0 Å². The average molecular weight is 538 g/mol. The predicted molar refractivity (Wildman–Crippen MR) is 152 cm³/mol. The zero-order chi connectivity index (χ0) is 28.7. The van der Waals surface area contributed by atoms with E-state index in [2.05, 4.69) is 10.6 Å². The number of aryl methyl sites for hydroxylation is 1. The molecule has 1 aromatic heterocycles. The maximum absolute atomic E-state index is 13.1. The van der Waals surface area contributed by atoms with Crippen molar-refractivity contribution in [2.24, 2.45) is 12.5 Å². The van der Waals surface area contributed by atoms with Gasteiger partial charge in [-0.05, 0) is 67.6 Å². The highest BCUT2D eigenvalue weighted by Gasteiger charge is 2.41. The minimum Gasteiger partial charge on any atom is -0.496 e. The monoisotopic (exact) mass is 537 g/mol. The lowest BCUT2D eigenvalue weighted by Gasteiger charge is -2.33. The van der Waals surface area contributed by atoms with E-state index < -0.39 is 23.5 Å². The number of amides is 2. The van der Waals surface area contributed by atoms with Crippen molar-refractivity contribution in [2.45, 2.75) is 59.4 Å². The van der Waals surface area contributed by atoms with Gasteiger partial charge in [-0.25, -0.2) is 4.79 Å². The average Bonchev–Trinajstić information content (AvgIpc) is 3.22. The Morgan fingerprint density at radius 2 is 1.77 bits per heavy atom. The van der Waals surface area contributed by atoms with Crippen molar-refractivity contribution in [1.29, 1.82) is 0 Å². The Bertz CT molecular complexity index is 1340. The molecule has 0 radical (unpaired) electrons. The van der Waals surface area contributed by atoms with Gasteiger partial charge in [-0.15, -0.1) is 0 Å². The van der Waals surface area contributed by atoms with Gasteiger partial charge >= 0.3 is 12.1 Å². The number of carbonyl (C=O) groups excluding carboxylic acids is 2. The number of fused-ring (bicyclic) bond motifs is 1. The van der Waals surface area contributed by atoms with Crippen molar-refractivity contribution in [3.63, 3.8) is 0 Å². The summed E-state index contributed by atoms with van der Waals surface area (Å²) in [7, 11) is 3.52. The largest absolute Gasteiger partial charge is 0.496 e. The van der Waals surface area contributed by atoms with Crippen LogP contribution in [0.25, 0.3) is 10.9 Å². The molecule has 3 N–H and O–H groups in total. The first-order valence-electron chi connectivity index (χ1n) is 13.3. The molecule has 2 aromatic carbocycles. The number of carboxylic acids is 1. The number of ether oxygens (including phenoxy) is 2. The maximum Gasteiger partial charge on any atom is 0.411 e. The zero-order valence-electron chi connectivity index (χ0n) is 23.6. The predicted octanol–water partition coefficient (Wildman–Crippen LogP) is 5.75. The van der Waals surface area contributed by atoms with Gasteiger partial charge in [0.15, 0.2) is 0 Å². The van der Waals surface area contributed by atoms with Crippen molar-refractivity contribution in [1.82, 2.24) is 9.88 Å². The molecule has 0 aliphatic carbocycles. The van der Waals surface area contributed by atoms with Crippen LogP contribution in [-0.2, 0) is 23.0 Å². The van der Waals surface area contributed by atoms with E-state index in [-0.39, 0.29) is 5.91 Å². The van der Waals surface area contributed by atoms with Crippen LogP contribution in [0.1, 0.15) is 68.4 Å². The lowest BCUT2D eigenvalue weighted by atomic mass is 9.76. The summed E-state index contributed by atoms with van der Waals surface area (Å²) < 4.78 is 12.8. The smallest absolute Gasteiger partial charge is 0.411 e. The molecule has 210 valence electrons. The number of hydrogen-bond acceptors (Lipinski definition) is 5. The van der Waals surface area contributed by atoms with Crippen molar-refractivity contribution >= 4 is 34.6 Å². The number of methoxy groups -OCH3 is 1. The van der Waals surface area contributed by atoms with Gasteiger partial charge in [0.05, 0.1) is 19.1 Å². The summed E-state index contributed by atoms with van der Waals surface area (Å²) in [5.74, 6) is -0.713. The minimum absolute atomic E-state index is 0.351. The second-order valence-electron chi connectivity index (χ2n) is 9.83. The number of carbonyl (C=O) groups is 3. The van der Waals surface area contributed by atoms with Gasteiger partial charge in [-0.1, -0.05) is 26.8 Å². The van der Waals surface area contributed by atoms with Crippen molar-refractivity contribution in [3.05, 3.63) is 59.3 Å². The molecule has 1 atom stereocenters. The third-order valence-electron chi connectivity index (χ3n) is 7.55. The van der Waals surface area contributed by atoms with Crippen molar-refractivity contribution < 1.29 is 29.0 Å². The molecule has 3 rings (SSSR count).